The van der Waals surface area contributed by atoms with Crippen molar-refractivity contribution in [3.05, 3.63) is 61.3 Å². The zero-order chi connectivity index (χ0) is 18.4. The summed E-state index contributed by atoms with van der Waals surface area (Å²) in [6, 6.07) is 9.10. The van der Waals surface area contributed by atoms with E-state index >= 15 is 0 Å². The fourth-order valence-corrected chi connectivity index (χ4v) is 4.92. The van der Waals surface area contributed by atoms with Crippen LogP contribution in [-0.4, -0.2) is 14.8 Å². The van der Waals surface area contributed by atoms with Crippen LogP contribution in [0.4, 0.5) is 0 Å². The molecule has 2 atom stereocenters. The summed E-state index contributed by atoms with van der Waals surface area (Å²) in [5.74, 6) is 1.08. The van der Waals surface area contributed by atoms with Gasteiger partial charge in [-0.25, -0.2) is 4.57 Å². The van der Waals surface area contributed by atoms with Gasteiger partial charge in [0.2, 0.25) is 6.39 Å². The van der Waals surface area contributed by atoms with E-state index in [-0.39, 0.29) is 11.0 Å². The summed E-state index contributed by atoms with van der Waals surface area (Å²) in [5.41, 5.74) is 2.23. The summed E-state index contributed by atoms with van der Waals surface area (Å²) in [5, 5.41) is 7.98. The lowest BCUT2D eigenvalue weighted by molar-refractivity contribution is -0.763. The minimum absolute atomic E-state index is 0.132. The molecule has 0 bridgehead atoms. The van der Waals surface area contributed by atoms with E-state index in [1.807, 2.05) is 10.8 Å². The van der Waals surface area contributed by atoms with Gasteiger partial charge in [0.1, 0.15) is 17.9 Å². The van der Waals surface area contributed by atoms with Crippen molar-refractivity contribution in [2.45, 2.75) is 51.0 Å². The Morgan fingerprint density at radius 2 is 2.12 bits per heavy atom. The largest absolute Gasteiger partial charge is 0.421 e. The molecular weight excluding hydrogens is 324 g/mol. The third-order valence-electron chi connectivity index (χ3n) is 6.16. The number of hydrogen-bond donors (Lipinski definition) is 0. The molecule has 1 aromatic carbocycles. The maximum Gasteiger partial charge on any atom is 0.421 e. The van der Waals surface area contributed by atoms with E-state index in [2.05, 4.69) is 78.7 Å². The molecule has 3 aromatic rings. The van der Waals surface area contributed by atoms with E-state index in [9.17, 15) is 0 Å². The highest BCUT2D eigenvalue weighted by atomic mass is 16.4. The Morgan fingerprint density at radius 3 is 2.77 bits per heavy atom. The fraction of sp³-hybridized carbons (Fsp3) is 0.381. The van der Waals surface area contributed by atoms with Crippen LogP contribution in [0.2, 0.25) is 0 Å². The number of allylic oxidation sites excluding steroid dienone is 1. The predicted molar refractivity (Wildman–Crippen MR) is 100.0 cm³/mol. The highest BCUT2D eigenvalue weighted by Crippen LogP contribution is 2.51. The molecule has 0 fully saturated rings. The van der Waals surface area contributed by atoms with Gasteiger partial charge in [-0.1, -0.05) is 49.6 Å². The minimum Gasteiger partial charge on any atom is -0.393 e. The molecule has 3 heterocycles. The second-order valence-corrected chi connectivity index (χ2v) is 7.18. The van der Waals surface area contributed by atoms with E-state index < -0.39 is 0 Å². The van der Waals surface area contributed by atoms with Gasteiger partial charge in [0.25, 0.3) is 5.82 Å². The third kappa shape index (κ3) is 1.94. The molecule has 0 saturated heterocycles. The second kappa shape index (κ2) is 5.94. The molecule has 1 unspecified atom stereocenters. The average Bonchev–Trinajstić information content (AvgIpc) is 3.33. The quantitative estimate of drug-likeness (QED) is 0.513. The van der Waals surface area contributed by atoms with Crippen LogP contribution in [-0.2, 0) is 11.0 Å². The molecule has 0 radical (unpaired) electrons. The number of rotatable bonds is 5. The van der Waals surface area contributed by atoms with Gasteiger partial charge < -0.3 is 4.42 Å². The van der Waals surface area contributed by atoms with Gasteiger partial charge >= 0.3 is 6.01 Å². The monoisotopic (exact) mass is 349 g/mol. The SMILES string of the molecule is C=CC1(CC)c2ccccc2-c2n(-c3nnco3)cc[n+]2[C@]1(C)CCC. The predicted octanol–water partition coefficient (Wildman–Crippen LogP) is 4.18. The van der Waals surface area contributed by atoms with Crippen LogP contribution in [0.15, 0.2) is 60.1 Å². The van der Waals surface area contributed by atoms with Gasteiger partial charge in [-0.3, -0.25) is 0 Å². The van der Waals surface area contributed by atoms with Crippen molar-refractivity contribution >= 4 is 0 Å². The molecule has 5 heteroatoms. The van der Waals surface area contributed by atoms with Crippen molar-refractivity contribution in [2.24, 2.45) is 0 Å². The average molecular weight is 349 g/mol. The Labute approximate surface area is 154 Å². The van der Waals surface area contributed by atoms with Crippen molar-refractivity contribution in [3.8, 4) is 17.4 Å². The van der Waals surface area contributed by atoms with E-state index in [0.717, 1.165) is 25.1 Å². The van der Waals surface area contributed by atoms with Crippen molar-refractivity contribution in [2.75, 3.05) is 0 Å². The molecule has 0 N–H and O–H groups in total. The maximum atomic E-state index is 5.50. The molecule has 5 nitrogen and oxygen atoms in total. The topological polar surface area (TPSA) is 47.7 Å². The first-order valence-electron chi connectivity index (χ1n) is 9.26. The van der Waals surface area contributed by atoms with Crippen LogP contribution in [0.1, 0.15) is 45.6 Å². The van der Waals surface area contributed by atoms with Crippen LogP contribution >= 0.6 is 0 Å². The summed E-state index contributed by atoms with van der Waals surface area (Å²) in [6.07, 6.45) is 10.8. The van der Waals surface area contributed by atoms with E-state index in [1.165, 1.54) is 17.5 Å². The number of benzene rings is 1. The van der Waals surface area contributed by atoms with E-state index in [4.69, 9.17) is 4.42 Å². The zero-order valence-electron chi connectivity index (χ0n) is 15.6. The highest BCUT2D eigenvalue weighted by molar-refractivity contribution is 5.65. The summed E-state index contributed by atoms with van der Waals surface area (Å²) in [4.78, 5) is 0. The van der Waals surface area contributed by atoms with E-state index in [0.29, 0.717) is 6.01 Å². The molecule has 2 aromatic heterocycles. The second-order valence-electron chi connectivity index (χ2n) is 7.18. The first kappa shape index (κ1) is 16.8. The molecule has 4 rings (SSSR count). The Morgan fingerprint density at radius 1 is 1.31 bits per heavy atom. The standard InChI is InChI=1S/C21H25N4O/c1-5-12-20(4)21(6-2,7-3)17-11-9-8-10-16(17)18-24(13-14-25(18)20)19-23-22-15-26-19/h6,8-11,13-15H,2,5,7,12H2,1,3-4H3/q+1/t20-,21?/m1/s1. The summed E-state index contributed by atoms with van der Waals surface area (Å²) >= 11 is 0. The molecule has 26 heavy (non-hydrogen) atoms. The Kier molecular flexibility index (Phi) is 3.83. The lowest BCUT2D eigenvalue weighted by atomic mass is 9.59. The van der Waals surface area contributed by atoms with Crippen molar-refractivity contribution < 1.29 is 8.98 Å². The number of imidazole rings is 1. The number of fused-ring (bicyclic) bond motifs is 3. The zero-order valence-corrected chi connectivity index (χ0v) is 15.6. The maximum absolute atomic E-state index is 5.50. The van der Waals surface area contributed by atoms with Gasteiger partial charge in [-0.2, -0.15) is 0 Å². The summed E-state index contributed by atoms with van der Waals surface area (Å²) in [6.45, 7) is 11.1. The normalized spacial score (nSPS) is 24.1. The Hall–Kier alpha value is -2.69. The molecule has 0 amide bonds. The van der Waals surface area contributed by atoms with Crippen LogP contribution in [0, 0.1) is 0 Å². The van der Waals surface area contributed by atoms with Crippen LogP contribution in [0.5, 0.6) is 0 Å². The molecule has 1 aliphatic rings. The highest BCUT2D eigenvalue weighted by Gasteiger charge is 2.56. The fourth-order valence-electron chi connectivity index (χ4n) is 4.92. The molecule has 0 aliphatic carbocycles. The van der Waals surface area contributed by atoms with Crippen molar-refractivity contribution in [3.63, 3.8) is 0 Å². The number of aromatic nitrogens is 4. The van der Waals surface area contributed by atoms with Crippen LogP contribution < -0.4 is 4.57 Å². The molecule has 134 valence electrons. The van der Waals surface area contributed by atoms with Gasteiger partial charge in [0.15, 0.2) is 0 Å². The lowest BCUT2D eigenvalue weighted by Gasteiger charge is -2.48. The Bertz CT molecular complexity index is 943. The summed E-state index contributed by atoms with van der Waals surface area (Å²) in [7, 11) is 0. The van der Waals surface area contributed by atoms with Gasteiger partial charge in [-0.05, 0) is 31.4 Å². The van der Waals surface area contributed by atoms with Crippen molar-refractivity contribution in [1.29, 1.82) is 0 Å². The first-order chi connectivity index (χ1) is 12.6. The van der Waals surface area contributed by atoms with Gasteiger partial charge in [-0.15, -0.1) is 16.2 Å². The lowest BCUT2D eigenvalue weighted by Crippen LogP contribution is -2.67. The number of nitrogens with zero attached hydrogens (tertiary/aromatic N) is 4. The van der Waals surface area contributed by atoms with Crippen LogP contribution in [0.3, 0.4) is 0 Å². The third-order valence-corrected chi connectivity index (χ3v) is 6.16. The molecule has 1 aliphatic heterocycles. The molecule has 0 saturated carbocycles. The van der Waals surface area contributed by atoms with Crippen LogP contribution in [0.25, 0.3) is 17.4 Å². The minimum atomic E-state index is -0.141. The molecular formula is C21H25N4O+. The van der Waals surface area contributed by atoms with E-state index in [1.54, 1.807) is 0 Å². The number of hydrogen-bond acceptors (Lipinski definition) is 3. The smallest absolute Gasteiger partial charge is 0.393 e. The summed E-state index contributed by atoms with van der Waals surface area (Å²) < 4.78 is 9.87. The molecule has 0 spiro atoms. The van der Waals surface area contributed by atoms with Gasteiger partial charge in [0, 0.05) is 0 Å². The Balaban J connectivity index is 2.10. The van der Waals surface area contributed by atoms with Gasteiger partial charge in [0.05, 0.1) is 11.0 Å². The first-order valence-corrected chi connectivity index (χ1v) is 9.26. The van der Waals surface area contributed by atoms with Crippen molar-refractivity contribution in [1.82, 2.24) is 14.8 Å².